The van der Waals surface area contributed by atoms with Gasteiger partial charge in [0.15, 0.2) is 9.84 Å². The van der Waals surface area contributed by atoms with Crippen molar-refractivity contribution in [2.24, 2.45) is 5.92 Å². The number of sulfone groups is 1. The fraction of sp³-hybridized carbons (Fsp3) is 0.227. The highest BCUT2D eigenvalue weighted by Gasteiger charge is 2.30. The van der Waals surface area contributed by atoms with Crippen molar-refractivity contribution in [3.63, 3.8) is 0 Å². The predicted octanol–water partition coefficient (Wildman–Crippen LogP) is 6.51. The van der Waals surface area contributed by atoms with Gasteiger partial charge in [-0.2, -0.15) is 24.5 Å². The molecule has 0 spiro atoms. The average molecular weight is 483 g/mol. The maximum atomic E-state index is 12.9. The van der Waals surface area contributed by atoms with E-state index in [9.17, 15) is 26.4 Å². The zero-order valence-corrected chi connectivity index (χ0v) is 18.9. The minimum Gasteiger partial charge on any atom is -0.308 e. The minimum absolute atomic E-state index is 0.0435. The summed E-state index contributed by atoms with van der Waals surface area (Å²) in [5, 5.41) is 8.63. The van der Waals surface area contributed by atoms with Gasteiger partial charge in [-0.15, -0.1) is 0 Å². The number of halogens is 3. The predicted molar refractivity (Wildman–Crippen MR) is 121 cm³/mol. The topological polar surface area (TPSA) is 75.3 Å². The van der Waals surface area contributed by atoms with Crippen molar-refractivity contribution in [1.29, 1.82) is 0 Å². The Morgan fingerprint density at radius 3 is 2.44 bits per heavy atom. The van der Waals surface area contributed by atoms with Crippen LogP contribution in [0.4, 0.5) is 29.3 Å². The molecule has 2 amide bonds. The van der Waals surface area contributed by atoms with Crippen molar-refractivity contribution in [2.45, 2.75) is 24.9 Å². The van der Waals surface area contributed by atoms with Gasteiger partial charge in [0, 0.05) is 11.3 Å². The molecule has 0 unspecified atom stereocenters. The SMILES string of the molecule is CC(C)CS(=O)(=O)c1ccc(-c2ccsc2)c(NC(=O)Nc2cccc(C(F)(F)F)c2)c1. The Labute approximate surface area is 188 Å². The number of hydrogen-bond donors (Lipinski definition) is 2. The molecule has 32 heavy (non-hydrogen) atoms. The maximum Gasteiger partial charge on any atom is 0.416 e. The van der Waals surface area contributed by atoms with E-state index in [2.05, 4.69) is 10.6 Å². The fourth-order valence-electron chi connectivity index (χ4n) is 3.08. The van der Waals surface area contributed by atoms with Crippen LogP contribution in [-0.2, 0) is 16.0 Å². The van der Waals surface area contributed by atoms with E-state index in [4.69, 9.17) is 0 Å². The van der Waals surface area contributed by atoms with Gasteiger partial charge in [0.1, 0.15) is 0 Å². The van der Waals surface area contributed by atoms with Crippen molar-refractivity contribution in [2.75, 3.05) is 16.4 Å². The number of anilines is 2. The summed E-state index contributed by atoms with van der Waals surface area (Å²) >= 11 is 1.43. The zero-order valence-electron chi connectivity index (χ0n) is 17.2. The van der Waals surface area contributed by atoms with E-state index in [1.807, 2.05) is 16.8 Å². The van der Waals surface area contributed by atoms with Gasteiger partial charge in [-0.05, 0) is 58.6 Å². The molecule has 2 aromatic carbocycles. The van der Waals surface area contributed by atoms with Crippen LogP contribution in [0, 0.1) is 5.92 Å². The number of rotatable bonds is 6. The lowest BCUT2D eigenvalue weighted by Gasteiger charge is -2.15. The lowest BCUT2D eigenvalue weighted by Crippen LogP contribution is -2.21. The van der Waals surface area contributed by atoms with Crippen LogP contribution in [0.25, 0.3) is 11.1 Å². The van der Waals surface area contributed by atoms with Gasteiger partial charge >= 0.3 is 12.2 Å². The number of nitrogens with one attached hydrogen (secondary N) is 2. The van der Waals surface area contributed by atoms with E-state index >= 15 is 0 Å². The molecule has 0 aliphatic heterocycles. The van der Waals surface area contributed by atoms with Crippen LogP contribution < -0.4 is 10.6 Å². The second-order valence-corrected chi connectivity index (χ2v) is 10.4. The quantitative estimate of drug-likeness (QED) is 0.421. The zero-order chi connectivity index (χ0) is 23.5. The summed E-state index contributed by atoms with van der Waals surface area (Å²) in [7, 11) is -3.58. The standard InChI is InChI=1S/C22H21F3N2O3S2/c1-14(2)13-32(29,30)18-6-7-19(15-8-9-31-12-15)20(11-18)27-21(28)26-17-5-3-4-16(10-17)22(23,24)25/h3-12,14H,13H2,1-2H3,(H2,26,27,28). The number of alkyl halides is 3. The fourth-order valence-corrected chi connectivity index (χ4v) is 5.38. The molecule has 5 nitrogen and oxygen atoms in total. The molecule has 0 saturated carbocycles. The highest BCUT2D eigenvalue weighted by molar-refractivity contribution is 7.91. The molecular weight excluding hydrogens is 461 g/mol. The molecular formula is C22H21F3N2O3S2. The van der Waals surface area contributed by atoms with Crippen molar-refractivity contribution in [3.05, 3.63) is 64.9 Å². The first-order chi connectivity index (χ1) is 15.0. The first kappa shape index (κ1) is 23.8. The molecule has 2 N–H and O–H groups in total. The summed E-state index contributed by atoms with van der Waals surface area (Å²) in [4.78, 5) is 12.6. The number of benzene rings is 2. The van der Waals surface area contributed by atoms with Gasteiger partial charge in [-0.3, -0.25) is 0 Å². The van der Waals surface area contributed by atoms with E-state index in [-0.39, 0.29) is 27.9 Å². The highest BCUT2D eigenvalue weighted by Crippen LogP contribution is 2.33. The molecule has 0 aliphatic carbocycles. The molecule has 1 aromatic heterocycles. The van der Waals surface area contributed by atoms with Gasteiger partial charge in [0.25, 0.3) is 0 Å². The third kappa shape index (κ3) is 5.89. The molecule has 1 heterocycles. The third-order valence-electron chi connectivity index (χ3n) is 4.43. The van der Waals surface area contributed by atoms with Gasteiger partial charge in [-0.25, -0.2) is 13.2 Å². The van der Waals surface area contributed by atoms with E-state index < -0.39 is 27.6 Å². The molecule has 0 bridgehead atoms. The van der Waals surface area contributed by atoms with Crippen LogP contribution in [0.15, 0.2) is 64.2 Å². The van der Waals surface area contributed by atoms with Crippen molar-refractivity contribution >= 4 is 38.6 Å². The second kappa shape index (κ2) is 9.33. The molecule has 0 aliphatic rings. The first-order valence-corrected chi connectivity index (χ1v) is 12.2. The van der Waals surface area contributed by atoms with Gasteiger partial charge in [0.2, 0.25) is 0 Å². The number of amides is 2. The summed E-state index contributed by atoms with van der Waals surface area (Å²) in [6.45, 7) is 3.58. The smallest absolute Gasteiger partial charge is 0.308 e. The van der Waals surface area contributed by atoms with Crippen molar-refractivity contribution in [1.82, 2.24) is 0 Å². The lowest BCUT2D eigenvalue weighted by molar-refractivity contribution is -0.137. The van der Waals surface area contributed by atoms with E-state index in [0.29, 0.717) is 5.56 Å². The van der Waals surface area contributed by atoms with Crippen LogP contribution in [0.2, 0.25) is 0 Å². The van der Waals surface area contributed by atoms with Gasteiger partial charge in [0.05, 0.1) is 21.9 Å². The lowest BCUT2D eigenvalue weighted by atomic mass is 10.1. The van der Waals surface area contributed by atoms with E-state index in [0.717, 1.165) is 17.7 Å². The van der Waals surface area contributed by atoms with Crippen LogP contribution in [0.5, 0.6) is 0 Å². The third-order valence-corrected chi connectivity index (χ3v) is 7.19. The van der Waals surface area contributed by atoms with Crippen LogP contribution in [0.1, 0.15) is 19.4 Å². The largest absolute Gasteiger partial charge is 0.416 e. The Morgan fingerprint density at radius 1 is 1.06 bits per heavy atom. The monoisotopic (exact) mass is 482 g/mol. The van der Waals surface area contributed by atoms with Crippen LogP contribution in [-0.4, -0.2) is 20.2 Å². The first-order valence-electron chi connectivity index (χ1n) is 9.60. The Kier molecular flexibility index (Phi) is 6.94. The molecule has 3 aromatic rings. The minimum atomic E-state index is -4.54. The highest BCUT2D eigenvalue weighted by atomic mass is 32.2. The van der Waals surface area contributed by atoms with Gasteiger partial charge in [-0.1, -0.05) is 26.0 Å². The maximum absolute atomic E-state index is 12.9. The summed E-state index contributed by atoms with van der Waals surface area (Å²) in [6.07, 6.45) is -4.54. The summed E-state index contributed by atoms with van der Waals surface area (Å²) in [5.74, 6) is -0.141. The van der Waals surface area contributed by atoms with E-state index in [1.165, 1.54) is 35.6 Å². The average Bonchev–Trinajstić information content (AvgIpc) is 3.21. The van der Waals surface area contributed by atoms with Crippen molar-refractivity contribution < 1.29 is 26.4 Å². The second-order valence-electron chi connectivity index (χ2n) is 7.55. The van der Waals surface area contributed by atoms with Gasteiger partial charge < -0.3 is 10.6 Å². The number of carbonyl (C=O) groups excluding carboxylic acids is 1. The van der Waals surface area contributed by atoms with E-state index in [1.54, 1.807) is 19.9 Å². The number of hydrogen-bond acceptors (Lipinski definition) is 4. The summed E-state index contributed by atoms with van der Waals surface area (Å²) in [5.41, 5.74) is 0.665. The summed E-state index contributed by atoms with van der Waals surface area (Å²) < 4.78 is 64.1. The molecule has 0 saturated heterocycles. The van der Waals surface area contributed by atoms with Crippen LogP contribution in [0.3, 0.4) is 0 Å². The Hall–Kier alpha value is -2.85. The van der Waals surface area contributed by atoms with Crippen molar-refractivity contribution in [3.8, 4) is 11.1 Å². The van der Waals surface area contributed by atoms with Crippen LogP contribution >= 0.6 is 11.3 Å². The molecule has 170 valence electrons. The Bertz CT molecular complexity index is 1210. The number of carbonyl (C=O) groups is 1. The number of thiophene rings is 1. The Balaban J connectivity index is 1.91. The molecule has 10 heteroatoms. The summed E-state index contributed by atoms with van der Waals surface area (Å²) in [6, 6.07) is 9.74. The molecule has 0 atom stereocenters. The molecule has 0 fully saturated rings. The molecule has 3 rings (SSSR count). The number of urea groups is 1. The molecule has 0 radical (unpaired) electrons. The normalized spacial score (nSPS) is 12.1. The Morgan fingerprint density at radius 2 is 1.81 bits per heavy atom.